The Morgan fingerprint density at radius 1 is 1.24 bits per heavy atom. The SMILES string of the molecule is O=C(NCCn1ncc2ccccc2c1=O)[C@@H](O)c1cccc(Cl)c1. The highest BCUT2D eigenvalue weighted by atomic mass is 35.5. The van der Waals surface area contributed by atoms with Gasteiger partial charge in [0.15, 0.2) is 6.10 Å². The molecule has 1 aromatic heterocycles. The summed E-state index contributed by atoms with van der Waals surface area (Å²) in [7, 11) is 0. The van der Waals surface area contributed by atoms with Crippen LogP contribution >= 0.6 is 11.6 Å². The maximum absolute atomic E-state index is 12.3. The number of nitrogens with one attached hydrogen (secondary N) is 1. The molecule has 0 fully saturated rings. The first-order valence-electron chi connectivity index (χ1n) is 7.72. The monoisotopic (exact) mass is 357 g/mol. The fraction of sp³-hybridized carbons (Fsp3) is 0.167. The first-order chi connectivity index (χ1) is 12.1. The van der Waals surface area contributed by atoms with Gasteiger partial charge in [0.25, 0.3) is 11.5 Å². The lowest BCUT2D eigenvalue weighted by Gasteiger charge is -2.12. The van der Waals surface area contributed by atoms with Gasteiger partial charge in [0.1, 0.15) is 0 Å². The van der Waals surface area contributed by atoms with Crippen molar-refractivity contribution in [2.45, 2.75) is 12.6 Å². The molecule has 6 nitrogen and oxygen atoms in total. The number of carbonyl (C=O) groups excluding carboxylic acids is 1. The molecule has 0 saturated heterocycles. The molecule has 1 atom stereocenters. The Labute approximate surface area is 148 Å². The molecule has 1 amide bonds. The van der Waals surface area contributed by atoms with Crippen LogP contribution < -0.4 is 10.9 Å². The zero-order valence-corrected chi connectivity index (χ0v) is 14.0. The Balaban J connectivity index is 1.64. The van der Waals surface area contributed by atoms with Crippen LogP contribution in [-0.2, 0) is 11.3 Å². The van der Waals surface area contributed by atoms with E-state index in [2.05, 4.69) is 10.4 Å². The average molecular weight is 358 g/mol. The summed E-state index contributed by atoms with van der Waals surface area (Å²) < 4.78 is 1.29. The Bertz CT molecular complexity index is 971. The number of benzene rings is 2. The molecule has 2 N–H and O–H groups in total. The van der Waals surface area contributed by atoms with Crippen LogP contribution in [0.2, 0.25) is 5.02 Å². The van der Waals surface area contributed by atoms with Crippen molar-refractivity contribution in [3.05, 3.63) is 75.7 Å². The Morgan fingerprint density at radius 3 is 2.84 bits per heavy atom. The van der Waals surface area contributed by atoms with Crippen LogP contribution in [0.25, 0.3) is 10.8 Å². The number of amides is 1. The lowest BCUT2D eigenvalue weighted by Crippen LogP contribution is -2.34. The van der Waals surface area contributed by atoms with Crippen molar-refractivity contribution in [2.75, 3.05) is 6.54 Å². The van der Waals surface area contributed by atoms with Gasteiger partial charge in [-0.15, -0.1) is 0 Å². The maximum Gasteiger partial charge on any atom is 0.274 e. The van der Waals surface area contributed by atoms with Gasteiger partial charge >= 0.3 is 0 Å². The van der Waals surface area contributed by atoms with Crippen LogP contribution in [0, 0.1) is 0 Å². The number of aliphatic hydroxyl groups excluding tert-OH is 1. The molecule has 0 unspecified atom stereocenters. The number of hydrogen-bond donors (Lipinski definition) is 2. The number of carbonyl (C=O) groups is 1. The van der Waals surface area contributed by atoms with Crippen molar-refractivity contribution in [3.8, 4) is 0 Å². The standard InChI is InChI=1S/C18H16ClN3O3/c19-14-6-3-5-12(10-14)16(23)17(24)20-8-9-22-18(25)15-7-2-1-4-13(15)11-21-22/h1-7,10-11,16,23H,8-9H2,(H,20,24)/t16-/m0/s1. The molecule has 128 valence electrons. The third-order valence-corrected chi connectivity index (χ3v) is 4.03. The number of halogens is 1. The zero-order valence-electron chi connectivity index (χ0n) is 13.2. The number of rotatable bonds is 5. The number of aromatic nitrogens is 2. The predicted molar refractivity (Wildman–Crippen MR) is 95.4 cm³/mol. The Hall–Kier alpha value is -2.70. The van der Waals surface area contributed by atoms with Crippen molar-refractivity contribution in [3.63, 3.8) is 0 Å². The molecule has 0 aliphatic carbocycles. The second-order valence-corrected chi connectivity index (χ2v) is 5.95. The van der Waals surface area contributed by atoms with Crippen LogP contribution in [0.4, 0.5) is 0 Å². The van der Waals surface area contributed by atoms with Gasteiger partial charge in [0, 0.05) is 17.0 Å². The number of aliphatic hydroxyl groups is 1. The maximum atomic E-state index is 12.3. The van der Waals surface area contributed by atoms with Gasteiger partial charge in [-0.25, -0.2) is 4.68 Å². The number of fused-ring (bicyclic) bond motifs is 1. The van der Waals surface area contributed by atoms with Gasteiger partial charge in [0.05, 0.1) is 18.1 Å². The van der Waals surface area contributed by atoms with E-state index in [9.17, 15) is 14.7 Å². The average Bonchev–Trinajstić information content (AvgIpc) is 2.63. The second kappa shape index (κ2) is 7.46. The molecule has 0 bridgehead atoms. The highest BCUT2D eigenvalue weighted by Gasteiger charge is 2.17. The van der Waals surface area contributed by atoms with E-state index in [0.29, 0.717) is 16.0 Å². The Kier molecular flexibility index (Phi) is 5.11. The summed E-state index contributed by atoms with van der Waals surface area (Å²) in [5.74, 6) is -0.559. The molecule has 1 heterocycles. The summed E-state index contributed by atoms with van der Waals surface area (Å²) in [5.41, 5.74) is 0.189. The van der Waals surface area contributed by atoms with E-state index in [1.54, 1.807) is 36.5 Å². The van der Waals surface area contributed by atoms with Crippen molar-refractivity contribution in [2.24, 2.45) is 0 Å². The van der Waals surface area contributed by atoms with Crippen LogP contribution in [0.5, 0.6) is 0 Å². The number of nitrogens with zero attached hydrogens (tertiary/aromatic N) is 2. The van der Waals surface area contributed by atoms with Gasteiger partial charge in [0.2, 0.25) is 0 Å². The van der Waals surface area contributed by atoms with Gasteiger partial charge < -0.3 is 10.4 Å². The summed E-state index contributed by atoms with van der Waals surface area (Å²) in [6.45, 7) is 0.374. The normalized spacial score (nSPS) is 12.1. The lowest BCUT2D eigenvalue weighted by molar-refractivity contribution is -0.129. The van der Waals surface area contributed by atoms with Crippen molar-refractivity contribution >= 4 is 28.3 Å². The topological polar surface area (TPSA) is 84.2 Å². The van der Waals surface area contributed by atoms with Crippen LogP contribution in [0.15, 0.2) is 59.5 Å². The summed E-state index contributed by atoms with van der Waals surface area (Å²) in [5, 5.41) is 18.5. The third kappa shape index (κ3) is 3.87. The smallest absolute Gasteiger partial charge is 0.274 e. The molecule has 3 aromatic rings. The Morgan fingerprint density at radius 2 is 2.04 bits per heavy atom. The van der Waals surface area contributed by atoms with Gasteiger partial charge in [-0.05, 0) is 23.8 Å². The van der Waals surface area contributed by atoms with E-state index < -0.39 is 12.0 Å². The molecular weight excluding hydrogens is 342 g/mol. The van der Waals surface area contributed by atoms with Crippen molar-refractivity contribution < 1.29 is 9.90 Å². The molecule has 0 aliphatic rings. The highest BCUT2D eigenvalue weighted by molar-refractivity contribution is 6.30. The number of hydrogen-bond acceptors (Lipinski definition) is 4. The second-order valence-electron chi connectivity index (χ2n) is 5.51. The van der Waals surface area contributed by atoms with E-state index in [1.807, 2.05) is 12.1 Å². The van der Waals surface area contributed by atoms with Gasteiger partial charge in [-0.1, -0.05) is 41.9 Å². The largest absolute Gasteiger partial charge is 0.378 e. The lowest BCUT2D eigenvalue weighted by atomic mass is 10.1. The van der Waals surface area contributed by atoms with Crippen LogP contribution in [-0.4, -0.2) is 27.3 Å². The molecular formula is C18H16ClN3O3. The predicted octanol–water partition coefficient (Wildman–Crippen LogP) is 1.90. The molecule has 7 heteroatoms. The van der Waals surface area contributed by atoms with Crippen molar-refractivity contribution in [1.82, 2.24) is 15.1 Å². The molecule has 0 aliphatic heterocycles. The zero-order chi connectivity index (χ0) is 17.8. The molecule has 3 rings (SSSR count). The van der Waals surface area contributed by atoms with E-state index in [-0.39, 0.29) is 18.6 Å². The first kappa shape index (κ1) is 17.1. The fourth-order valence-corrected chi connectivity index (χ4v) is 2.70. The summed E-state index contributed by atoms with van der Waals surface area (Å²) in [4.78, 5) is 24.4. The minimum Gasteiger partial charge on any atom is -0.378 e. The van der Waals surface area contributed by atoms with Crippen molar-refractivity contribution in [1.29, 1.82) is 0 Å². The fourth-order valence-electron chi connectivity index (χ4n) is 2.50. The van der Waals surface area contributed by atoms with E-state index in [4.69, 9.17) is 11.6 Å². The summed E-state index contributed by atoms with van der Waals surface area (Å²) in [6.07, 6.45) is 0.291. The van der Waals surface area contributed by atoms with Gasteiger partial charge in [-0.2, -0.15) is 5.10 Å². The van der Waals surface area contributed by atoms with Crippen LogP contribution in [0.1, 0.15) is 11.7 Å². The molecule has 0 radical (unpaired) electrons. The molecule has 25 heavy (non-hydrogen) atoms. The molecule has 2 aromatic carbocycles. The highest BCUT2D eigenvalue weighted by Crippen LogP contribution is 2.17. The van der Waals surface area contributed by atoms with E-state index in [1.165, 1.54) is 10.7 Å². The quantitative estimate of drug-likeness (QED) is 0.730. The summed E-state index contributed by atoms with van der Waals surface area (Å²) in [6, 6.07) is 13.6. The van der Waals surface area contributed by atoms with E-state index >= 15 is 0 Å². The van der Waals surface area contributed by atoms with E-state index in [0.717, 1.165) is 5.39 Å². The van der Waals surface area contributed by atoms with Gasteiger partial charge in [-0.3, -0.25) is 9.59 Å². The molecule has 0 saturated carbocycles. The first-order valence-corrected chi connectivity index (χ1v) is 8.10. The third-order valence-electron chi connectivity index (χ3n) is 3.80. The minimum absolute atomic E-state index is 0.168. The minimum atomic E-state index is -1.32. The molecule has 0 spiro atoms. The van der Waals surface area contributed by atoms with Crippen LogP contribution in [0.3, 0.4) is 0 Å². The summed E-state index contributed by atoms with van der Waals surface area (Å²) >= 11 is 5.85.